The Labute approximate surface area is 77.8 Å². The van der Waals surface area contributed by atoms with E-state index in [9.17, 15) is 4.79 Å². The lowest BCUT2D eigenvalue weighted by Gasteiger charge is -1.94. The zero-order chi connectivity index (χ0) is 9.52. The Morgan fingerprint density at radius 1 is 1.38 bits per heavy atom. The number of ether oxygens (including phenoxy) is 1. The lowest BCUT2D eigenvalue weighted by Crippen LogP contribution is -1.98. The van der Waals surface area contributed by atoms with Crippen molar-refractivity contribution in [3.63, 3.8) is 0 Å². The Bertz CT molecular complexity index is 288. The summed E-state index contributed by atoms with van der Waals surface area (Å²) in [5, 5.41) is 0. The Kier molecular flexibility index (Phi) is 3.76. The van der Waals surface area contributed by atoms with Gasteiger partial charge in [0, 0.05) is 6.08 Å². The molecule has 0 aliphatic carbocycles. The summed E-state index contributed by atoms with van der Waals surface area (Å²) < 4.78 is 4.63. The van der Waals surface area contributed by atoms with E-state index in [0.717, 1.165) is 5.56 Å². The van der Waals surface area contributed by atoms with E-state index < -0.39 is 0 Å². The molecule has 67 valence electrons. The van der Waals surface area contributed by atoms with Crippen LogP contribution in [0.1, 0.15) is 5.56 Å². The number of carbonyl (C=O) groups excluding carboxylic acids is 1. The van der Waals surface area contributed by atoms with Crippen LogP contribution in [0.4, 0.5) is 0 Å². The zero-order valence-electron chi connectivity index (χ0n) is 7.27. The van der Waals surface area contributed by atoms with Crippen LogP contribution in [0.2, 0.25) is 0 Å². The largest absolute Gasteiger partial charge is 0.463 e. The molecule has 2 heteroatoms. The molecule has 2 nitrogen and oxygen atoms in total. The van der Waals surface area contributed by atoms with Crippen LogP contribution >= 0.6 is 0 Å². The average Bonchev–Trinajstić information content (AvgIpc) is 2.17. The van der Waals surface area contributed by atoms with Crippen molar-refractivity contribution in [2.24, 2.45) is 0 Å². The first-order valence-electron chi connectivity index (χ1n) is 4.02. The first kappa shape index (κ1) is 9.52. The van der Waals surface area contributed by atoms with Crippen molar-refractivity contribution < 1.29 is 9.53 Å². The molecule has 1 aromatic rings. The first-order chi connectivity index (χ1) is 6.33. The van der Waals surface area contributed by atoms with Gasteiger partial charge in [-0.05, 0) is 18.6 Å². The highest BCUT2D eigenvalue weighted by Gasteiger charge is 1.92. The fourth-order valence-corrected chi connectivity index (χ4v) is 0.877. The van der Waals surface area contributed by atoms with Crippen LogP contribution in [-0.2, 0) is 9.53 Å². The van der Waals surface area contributed by atoms with Gasteiger partial charge in [0.05, 0.1) is 6.61 Å². The maximum absolute atomic E-state index is 10.9. The van der Waals surface area contributed by atoms with Crippen molar-refractivity contribution in [3.05, 3.63) is 48.9 Å². The molecule has 1 rings (SSSR count). The molecule has 0 spiro atoms. The van der Waals surface area contributed by atoms with Crippen LogP contribution in [0.15, 0.2) is 36.4 Å². The number of hydrogen-bond acceptors (Lipinski definition) is 2. The van der Waals surface area contributed by atoms with Gasteiger partial charge in [0.1, 0.15) is 0 Å². The van der Waals surface area contributed by atoms with E-state index >= 15 is 0 Å². The number of hydrogen-bond donors (Lipinski definition) is 0. The minimum Gasteiger partial charge on any atom is -0.463 e. The van der Waals surface area contributed by atoms with Gasteiger partial charge in [-0.25, -0.2) is 4.79 Å². The highest BCUT2D eigenvalue weighted by atomic mass is 16.5. The maximum atomic E-state index is 10.9. The van der Waals surface area contributed by atoms with Gasteiger partial charge in [-0.15, -0.1) is 0 Å². The summed E-state index contributed by atoms with van der Waals surface area (Å²) in [5.74, 6) is -0.362. The third kappa shape index (κ3) is 3.56. The van der Waals surface area contributed by atoms with Crippen LogP contribution in [-0.4, -0.2) is 12.6 Å². The van der Waals surface area contributed by atoms with Gasteiger partial charge in [-0.3, -0.25) is 0 Å². The zero-order valence-corrected chi connectivity index (χ0v) is 7.27. The van der Waals surface area contributed by atoms with Crippen molar-refractivity contribution in [2.45, 2.75) is 0 Å². The van der Waals surface area contributed by atoms with E-state index in [2.05, 4.69) is 11.7 Å². The van der Waals surface area contributed by atoms with Crippen molar-refractivity contribution >= 4 is 12.0 Å². The predicted octanol–water partition coefficient (Wildman–Crippen LogP) is 2.08. The van der Waals surface area contributed by atoms with Crippen LogP contribution in [0.3, 0.4) is 0 Å². The van der Waals surface area contributed by atoms with Crippen molar-refractivity contribution in [2.75, 3.05) is 6.61 Å². The lowest BCUT2D eigenvalue weighted by molar-refractivity contribution is -0.136. The Balaban J connectivity index is 2.54. The summed E-state index contributed by atoms with van der Waals surface area (Å²) in [7, 11) is 0. The van der Waals surface area contributed by atoms with Crippen LogP contribution in [0.25, 0.3) is 6.08 Å². The molecule has 0 unspecified atom stereocenters. The second-order valence-electron chi connectivity index (χ2n) is 2.41. The molecule has 0 N–H and O–H groups in total. The molecule has 0 aliphatic heterocycles. The monoisotopic (exact) mass is 175 g/mol. The van der Waals surface area contributed by atoms with Crippen LogP contribution in [0, 0.1) is 6.92 Å². The molecular weight excluding hydrogens is 164 g/mol. The van der Waals surface area contributed by atoms with E-state index in [4.69, 9.17) is 0 Å². The Morgan fingerprint density at radius 2 is 2.08 bits per heavy atom. The number of benzene rings is 1. The standard InChI is InChI=1S/C11H11O2/c1-2-13-11(12)9-8-10-6-4-3-5-7-10/h3-9H,1-2H2. The summed E-state index contributed by atoms with van der Waals surface area (Å²) >= 11 is 0. The molecule has 0 saturated heterocycles. The summed E-state index contributed by atoms with van der Waals surface area (Å²) in [6, 6.07) is 9.56. The van der Waals surface area contributed by atoms with E-state index in [-0.39, 0.29) is 12.6 Å². The lowest BCUT2D eigenvalue weighted by atomic mass is 10.2. The van der Waals surface area contributed by atoms with Crippen molar-refractivity contribution in [1.82, 2.24) is 0 Å². The second-order valence-corrected chi connectivity index (χ2v) is 2.41. The molecule has 1 aromatic carbocycles. The van der Waals surface area contributed by atoms with E-state index in [1.165, 1.54) is 6.08 Å². The number of carbonyl (C=O) groups is 1. The minimum atomic E-state index is -0.362. The second kappa shape index (κ2) is 5.14. The molecular formula is C11H11O2. The molecule has 0 saturated carbocycles. The third-order valence-corrected chi connectivity index (χ3v) is 1.46. The van der Waals surface area contributed by atoms with Crippen LogP contribution in [0.5, 0.6) is 0 Å². The predicted molar refractivity (Wildman–Crippen MR) is 51.8 cm³/mol. The number of rotatable bonds is 3. The quantitative estimate of drug-likeness (QED) is 0.519. The van der Waals surface area contributed by atoms with Crippen LogP contribution < -0.4 is 0 Å². The van der Waals surface area contributed by atoms with Gasteiger partial charge in [0.15, 0.2) is 0 Å². The van der Waals surface area contributed by atoms with Gasteiger partial charge in [-0.1, -0.05) is 30.3 Å². The van der Waals surface area contributed by atoms with E-state index in [1.54, 1.807) is 6.08 Å². The highest BCUT2D eigenvalue weighted by Crippen LogP contribution is 2.00. The van der Waals surface area contributed by atoms with Gasteiger partial charge in [-0.2, -0.15) is 0 Å². The summed E-state index contributed by atoms with van der Waals surface area (Å²) in [6.07, 6.45) is 3.10. The molecule has 0 amide bonds. The van der Waals surface area contributed by atoms with E-state index in [1.807, 2.05) is 30.3 Å². The first-order valence-corrected chi connectivity index (χ1v) is 4.02. The van der Waals surface area contributed by atoms with E-state index in [0.29, 0.717) is 0 Å². The minimum absolute atomic E-state index is 0.165. The molecule has 0 aromatic heterocycles. The Hall–Kier alpha value is -1.57. The fraction of sp³-hybridized carbons (Fsp3) is 0.0909. The molecule has 0 fully saturated rings. The third-order valence-electron chi connectivity index (χ3n) is 1.46. The van der Waals surface area contributed by atoms with Gasteiger partial charge in [0.2, 0.25) is 0 Å². The summed E-state index contributed by atoms with van der Waals surface area (Å²) in [4.78, 5) is 10.9. The molecule has 13 heavy (non-hydrogen) atoms. The normalized spacial score (nSPS) is 10.2. The van der Waals surface area contributed by atoms with Gasteiger partial charge >= 0.3 is 5.97 Å². The maximum Gasteiger partial charge on any atom is 0.330 e. The average molecular weight is 175 g/mol. The van der Waals surface area contributed by atoms with Crippen molar-refractivity contribution in [3.8, 4) is 0 Å². The highest BCUT2D eigenvalue weighted by molar-refractivity contribution is 5.87. The molecule has 0 aliphatic rings. The van der Waals surface area contributed by atoms with Gasteiger partial charge < -0.3 is 4.74 Å². The Morgan fingerprint density at radius 3 is 2.69 bits per heavy atom. The van der Waals surface area contributed by atoms with Crippen molar-refractivity contribution in [1.29, 1.82) is 0 Å². The number of esters is 1. The summed E-state index contributed by atoms with van der Waals surface area (Å²) in [6.45, 7) is 3.57. The molecule has 1 radical (unpaired) electrons. The molecule has 0 bridgehead atoms. The molecule has 0 heterocycles. The smallest absolute Gasteiger partial charge is 0.330 e. The SMILES string of the molecule is [CH2]COC(=O)C=Cc1ccccc1. The summed E-state index contributed by atoms with van der Waals surface area (Å²) in [5.41, 5.74) is 0.975. The topological polar surface area (TPSA) is 26.3 Å². The fourth-order valence-electron chi connectivity index (χ4n) is 0.877. The van der Waals surface area contributed by atoms with Gasteiger partial charge in [0.25, 0.3) is 0 Å². The molecule has 0 atom stereocenters.